The summed E-state index contributed by atoms with van der Waals surface area (Å²) in [6.45, 7) is 8.19. The van der Waals surface area contributed by atoms with Crippen LogP contribution < -0.4 is 16.6 Å². The van der Waals surface area contributed by atoms with E-state index in [4.69, 9.17) is 5.73 Å². The van der Waals surface area contributed by atoms with Crippen molar-refractivity contribution in [1.29, 1.82) is 0 Å². The average molecular weight is 250 g/mol. The summed E-state index contributed by atoms with van der Waals surface area (Å²) in [5, 5.41) is 3.24. The third-order valence-corrected chi connectivity index (χ3v) is 4.08. The summed E-state index contributed by atoms with van der Waals surface area (Å²) in [5.41, 5.74) is 5.91. The van der Waals surface area contributed by atoms with E-state index in [-0.39, 0.29) is 29.1 Å². The van der Waals surface area contributed by atoms with E-state index in [1.165, 1.54) is 0 Å². The van der Waals surface area contributed by atoms with E-state index in [0.29, 0.717) is 5.82 Å². The van der Waals surface area contributed by atoms with Crippen LogP contribution in [0.4, 0.5) is 5.82 Å². The lowest BCUT2D eigenvalue weighted by Gasteiger charge is -2.50. The predicted octanol–water partition coefficient (Wildman–Crippen LogP) is 1.36. The summed E-state index contributed by atoms with van der Waals surface area (Å²) >= 11 is 0. The summed E-state index contributed by atoms with van der Waals surface area (Å²) < 4.78 is 1.68. The van der Waals surface area contributed by atoms with Crippen LogP contribution in [0.5, 0.6) is 0 Å². The first-order valence-corrected chi connectivity index (χ1v) is 6.43. The molecule has 3 N–H and O–H groups in total. The zero-order valence-electron chi connectivity index (χ0n) is 11.5. The molecular formula is C13H22N4O. The Labute approximate surface area is 107 Å². The molecule has 0 saturated heterocycles. The third-order valence-electron chi connectivity index (χ3n) is 4.08. The zero-order chi connectivity index (χ0) is 13.5. The van der Waals surface area contributed by atoms with Gasteiger partial charge in [0, 0.05) is 35.9 Å². The van der Waals surface area contributed by atoms with Gasteiger partial charge in [0.05, 0.1) is 0 Å². The number of anilines is 1. The lowest BCUT2D eigenvalue weighted by Crippen LogP contribution is -2.61. The number of nitrogens with two attached hydrogens (primary N) is 1. The fourth-order valence-corrected chi connectivity index (χ4v) is 2.30. The highest BCUT2D eigenvalue weighted by Crippen LogP contribution is 2.40. The van der Waals surface area contributed by atoms with Crippen molar-refractivity contribution in [2.24, 2.45) is 11.1 Å². The van der Waals surface area contributed by atoms with Gasteiger partial charge in [0.25, 0.3) is 5.56 Å². The normalized spacial score (nSPS) is 25.9. The van der Waals surface area contributed by atoms with Crippen molar-refractivity contribution in [2.45, 2.75) is 52.2 Å². The van der Waals surface area contributed by atoms with E-state index < -0.39 is 0 Å². The highest BCUT2D eigenvalue weighted by atomic mass is 16.1. The first kappa shape index (κ1) is 13.1. The summed E-state index contributed by atoms with van der Waals surface area (Å²) in [5.74, 6) is 0.427. The smallest absolute Gasteiger partial charge is 0.293 e. The molecule has 0 aromatic carbocycles. The van der Waals surface area contributed by atoms with Crippen molar-refractivity contribution in [1.82, 2.24) is 9.55 Å². The Morgan fingerprint density at radius 2 is 2.22 bits per heavy atom. The lowest BCUT2D eigenvalue weighted by molar-refractivity contribution is 0.117. The Kier molecular flexibility index (Phi) is 3.19. The van der Waals surface area contributed by atoms with E-state index in [1.54, 1.807) is 17.0 Å². The monoisotopic (exact) mass is 250 g/mol. The molecule has 18 heavy (non-hydrogen) atoms. The van der Waals surface area contributed by atoms with Crippen LogP contribution in [0.15, 0.2) is 17.2 Å². The van der Waals surface area contributed by atoms with Crippen molar-refractivity contribution in [3.8, 4) is 0 Å². The molecule has 1 saturated carbocycles. The number of nitrogens with one attached hydrogen (secondary N) is 1. The first-order valence-electron chi connectivity index (χ1n) is 6.43. The molecule has 0 radical (unpaired) electrons. The fraction of sp³-hybridized carbons (Fsp3) is 0.692. The molecule has 1 heterocycles. The number of aromatic nitrogens is 2. The topological polar surface area (TPSA) is 72.9 Å². The molecule has 0 spiro atoms. The highest BCUT2D eigenvalue weighted by Gasteiger charge is 2.46. The summed E-state index contributed by atoms with van der Waals surface area (Å²) in [7, 11) is 0. The summed E-state index contributed by atoms with van der Waals surface area (Å²) in [6, 6.07) is 0.541. The van der Waals surface area contributed by atoms with Gasteiger partial charge in [-0.25, -0.2) is 4.98 Å². The van der Waals surface area contributed by atoms with Gasteiger partial charge >= 0.3 is 0 Å². The molecule has 0 amide bonds. The number of rotatable bonds is 3. The maximum absolute atomic E-state index is 12.2. The summed E-state index contributed by atoms with van der Waals surface area (Å²) in [4.78, 5) is 16.3. The standard InChI is InChI=1S/C13H22N4O/c1-8(2)17-6-5-15-11(12(17)18)16-10-7-9(14)13(10,3)4/h5-6,8-10H,7,14H2,1-4H3,(H,15,16). The average Bonchev–Trinajstić information content (AvgIpc) is 2.30. The minimum absolute atomic E-state index is 0.00657. The molecule has 2 unspecified atom stereocenters. The minimum Gasteiger partial charge on any atom is -0.362 e. The second-order valence-corrected chi connectivity index (χ2v) is 5.94. The van der Waals surface area contributed by atoms with Crippen molar-refractivity contribution in [3.05, 3.63) is 22.7 Å². The number of hydrogen-bond acceptors (Lipinski definition) is 4. The van der Waals surface area contributed by atoms with Crippen molar-refractivity contribution in [3.63, 3.8) is 0 Å². The van der Waals surface area contributed by atoms with E-state index in [9.17, 15) is 4.79 Å². The molecule has 1 fully saturated rings. The Hall–Kier alpha value is -1.36. The van der Waals surface area contributed by atoms with Gasteiger partial charge in [0.1, 0.15) is 0 Å². The fourth-order valence-electron chi connectivity index (χ4n) is 2.30. The zero-order valence-corrected chi connectivity index (χ0v) is 11.5. The third kappa shape index (κ3) is 2.03. The Balaban J connectivity index is 2.21. The van der Waals surface area contributed by atoms with Crippen molar-refractivity contribution >= 4 is 5.82 Å². The highest BCUT2D eigenvalue weighted by molar-refractivity contribution is 5.35. The van der Waals surface area contributed by atoms with Crippen LogP contribution in [0.3, 0.4) is 0 Å². The van der Waals surface area contributed by atoms with E-state index in [2.05, 4.69) is 24.1 Å². The van der Waals surface area contributed by atoms with Crippen molar-refractivity contribution < 1.29 is 0 Å². The van der Waals surface area contributed by atoms with Crippen LogP contribution in [-0.2, 0) is 0 Å². The van der Waals surface area contributed by atoms with E-state index >= 15 is 0 Å². The van der Waals surface area contributed by atoms with Gasteiger partial charge in [-0.2, -0.15) is 0 Å². The van der Waals surface area contributed by atoms with Gasteiger partial charge in [-0.05, 0) is 20.3 Å². The van der Waals surface area contributed by atoms with Crippen molar-refractivity contribution in [2.75, 3.05) is 5.32 Å². The predicted molar refractivity (Wildman–Crippen MR) is 72.7 cm³/mol. The maximum atomic E-state index is 12.2. The van der Waals surface area contributed by atoms with Gasteiger partial charge in [-0.3, -0.25) is 4.79 Å². The largest absolute Gasteiger partial charge is 0.362 e. The first-order chi connectivity index (χ1) is 8.34. The molecule has 100 valence electrons. The van der Waals surface area contributed by atoms with E-state index in [1.807, 2.05) is 13.8 Å². The molecule has 0 aliphatic heterocycles. The second-order valence-electron chi connectivity index (χ2n) is 5.94. The maximum Gasteiger partial charge on any atom is 0.293 e. The molecule has 2 rings (SSSR count). The summed E-state index contributed by atoms with van der Waals surface area (Å²) in [6.07, 6.45) is 4.26. The van der Waals surface area contributed by atoms with E-state index in [0.717, 1.165) is 6.42 Å². The quantitative estimate of drug-likeness (QED) is 0.849. The molecule has 1 aromatic rings. The molecule has 1 aliphatic rings. The van der Waals surface area contributed by atoms with Crippen LogP contribution in [0, 0.1) is 5.41 Å². The second kappa shape index (κ2) is 4.39. The molecule has 2 atom stereocenters. The number of nitrogens with zero attached hydrogens (tertiary/aromatic N) is 2. The number of hydrogen-bond donors (Lipinski definition) is 2. The van der Waals surface area contributed by atoms with Gasteiger partial charge in [-0.15, -0.1) is 0 Å². The van der Waals surface area contributed by atoms with Gasteiger partial charge < -0.3 is 15.6 Å². The molecule has 0 bridgehead atoms. The molecular weight excluding hydrogens is 228 g/mol. The van der Waals surface area contributed by atoms with Gasteiger partial charge in [0.15, 0.2) is 5.82 Å². The van der Waals surface area contributed by atoms with Crippen LogP contribution in [-0.4, -0.2) is 21.6 Å². The Bertz CT molecular complexity index is 492. The van der Waals surface area contributed by atoms with Crippen LogP contribution in [0.2, 0.25) is 0 Å². The van der Waals surface area contributed by atoms with Gasteiger partial charge in [0.2, 0.25) is 0 Å². The van der Waals surface area contributed by atoms with Gasteiger partial charge in [-0.1, -0.05) is 13.8 Å². The molecule has 1 aromatic heterocycles. The molecule has 5 heteroatoms. The lowest BCUT2D eigenvalue weighted by atomic mass is 9.63. The van der Waals surface area contributed by atoms with Crippen LogP contribution in [0.1, 0.15) is 40.2 Å². The SMILES string of the molecule is CC(C)n1ccnc(NC2CC(N)C2(C)C)c1=O. The minimum atomic E-state index is -0.0660. The molecule has 5 nitrogen and oxygen atoms in total. The Morgan fingerprint density at radius 1 is 1.56 bits per heavy atom. The Morgan fingerprint density at radius 3 is 2.72 bits per heavy atom. The van der Waals surface area contributed by atoms with Crippen LogP contribution in [0.25, 0.3) is 0 Å². The molecule has 1 aliphatic carbocycles. The van der Waals surface area contributed by atoms with Crippen LogP contribution >= 0.6 is 0 Å².